The molecule has 0 bridgehead atoms. The molecule has 0 aromatic heterocycles. The second kappa shape index (κ2) is 6.91. The van der Waals surface area contributed by atoms with Crippen molar-refractivity contribution in [2.75, 3.05) is 0 Å². The van der Waals surface area contributed by atoms with Crippen molar-refractivity contribution in [1.82, 2.24) is 5.32 Å². The summed E-state index contributed by atoms with van der Waals surface area (Å²) in [5, 5.41) is 4.03. The fourth-order valence-corrected chi connectivity index (χ4v) is 2.99. The van der Waals surface area contributed by atoms with E-state index in [1.807, 2.05) is 84.9 Å². The number of hydrogen-bond acceptors (Lipinski definition) is 3. The Morgan fingerprint density at radius 3 is 1.64 bits per heavy atom. The summed E-state index contributed by atoms with van der Waals surface area (Å²) in [5.74, 6) is 1.58. The number of rotatable bonds is 3. The number of nitrogens with zero attached hydrogens (tertiary/aromatic N) is 2. The molecule has 1 heterocycles. The summed E-state index contributed by atoms with van der Waals surface area (Å²) < 4.78 is 0. The van der Waals surface area contributed by atoms with Crippen molar-refractivity contribution in [3.8, 4) is 0 Å². The van der Waals surface area contributed by atoms with Gasteiger partial charge in [-0.2, -0.15) is 0 Å². The normalized spacial score (nSPS) is 14.4. The Bertz CT molecular complexity index is 878. The van der Waals surface area contributed by atoms with Gasteiger partial charge >= 0.3 is 0 Å². The second-order valence-corrected chi connectivity index (χ2v) is 6.11. The molecule has 1 N–H and O–H groups in total. The van der Waals surface area contributed by atoms with Gasteiger partial charge in [-0.3, -0.25) is 0 Å². The third-order valence-electron chi connectivity index (χ3n) is 4.02. The summed E-state index contributed by atoms with van der Waals surface area (Å²) >= 11 is 6.39. The maximum atomic E-state index is 6.39. The van der Waals surface area contributed by atoms with Crippen molar-refractivity contribution in [2.24, 2.45) is 9.98 Å². The van der Waals surface area contributed by atoms with Gasteiger partial charge in [0.2, 0.25) is 0 Å². The molecule has 0 atom stereocenters. The SMILES string of the molecule is Clc1ccccc1C1N=C(c2ccccc2)NC(c2ccccc2)=N1. The maximum Gasteiger partial charge on any atom is 0.171 e. The first-order valence-electron chi connectivity index (χ1n) is 8.09. The number of aliphatic imine (C=N–C) groups is 2. The minimum Gasteiger partial charge on any atom is -0.324 e. The first kappa shape index (κ1) is 15.6. The fraction of sp³-hybridized carbons (Fsp3) is 0.0476. The monoisotopic (exact) mass is 345 g/mol. The van der Waals surface area contributed by atoms with Crippen LogP contribution < -0.4 is 5.32 Å². The van der Waals surface area contributed by atoms with E-state index in [0.29, 0.717) is 5.02 Å². The van der Waals surface area contributed by atoms with E-state index in [-0.39, 0.29) is 6.17 Å². The van der Waals surface area contributed by atoms with Crippen molar-refractivity contribution in [3.63, 3.8) is 0 Å². The average Bonchev–Trinajstić information content (AvgIpc) is 2.69. The highest BCUT2D eigenvalue weighted by atomic mass is 35.5. The number of hydrogen-bond donors (Lipinski definition) is 1. The molecule has 4 rings (SSSR count). The predicted octanol–water partition coefficient (Wildman–Crippen LogP) is 4.84. The van der Waals surface area contributed by atoms with Crippen LogP contribution in [-0.2, 0) is 0 Å². The van der Waals surface area contributed by atoms with Crippen molar-refractivity contribution >= 4 is 23.3 Å². The lowest BCUT2D eigenvalue weighted by atomic mass is 10.1. The molecule has 0 radical (unpaired) electrons. The van der Waals surface area contributed by atoms with E-state index in [0.717, 1.165) is 28.4 Å². The minimum atomic E-state index is -0.375. The van der Waals surface area contributed by atoms with Gasteiger partial charge in [0, 0.05) is 21.7 Å². The fourth-order valence-electron chi connectivity index (χ4n) is 2.76. The third kappa shape index (κ3) is 3.32. The molecule has 0 saturated carbocycles. The molecule has 0 unspecified atom stereocenters. The molecule has 25 heavy (non-hydrogen) atoms. The number of halogens is 1. The van der Waals surface area contributed by atoms with Gasteiger partial charge in [0.15, 0.2) is 6.17 Å². The Morgan fingerprint density at radius 2 is 1.12 bits per heavy atom. The van der Waals surface area contributed by atoms with Crippen molar-refractivity contribution in [1.29, 1.82) is 0 Å². The van der Waals surface area contributed by atoms with Crippen LogP contribution >= 0.6 is 11.6 Å². The first-order chi connectivity index (χ1) is 12.3. The van der Waals surface area contributed by atoms with Gasteiger partial charge in [-0.15, -0.1) is 0 Å². The molecule has 3 aromatic rings. The largest absolute Gasteiger partial charge is 0.324 e. The molecule has 4 heteroatoms. The number of amidine groups is 2. The Kier molecular flexibility index (Phi) is 4.32. The topological polar surface area (TPSA) is 36.8 Å². The van der Waals surface area contributed by atoms with Crippen molar-refractivity contribution < 1.29 is 0 Å². The highest BCUT2D eigenvalue weighted by Gasteiger charge is 2.21. The molecule has 0 saturated heterocycles. The smallest absolute Gasteiger partial charge is 0.171 e. The summed E-state index contributed by atoms with van der Waals surface area (Å²) in [6.45, 7) is 0. The van der Waals surface area contributed by atoms with Gasteiger partial charge in [0.25, 0.3) is 0 Å². The Balaban J connectivity index is 1.81. The van der Waals surface area contributed by atoms with E-state index in [9.17, 15) is 0 Å². The van der Waals surface area contributed by atoms with Crippen molar-refractivity contribution in [2.45, 2.75) is 6.17 Å². The quantitative estimate of drug-likeness (QED) is 0.724. The predicted molar refractivity (Wildman–Crippen MR) is 103 cm³/mol. The summed E-state index contributed by atoms with van der Waals surface area (Å²) in [4.78, 5) is 9.58. The van der Waals surface area contributed by atoms with E-state index < -0.39 is 0 Å². The average molecular weight is 346 g/mol. The number of nitrogens with one attached hydrogen (secondary N) is 1. The van der Waals surface area contributed by atoms with Crippen LogP contribution in [0.25, 0.3) is 0 Å². The molecule has 122 valence electrons. The van der Waals surface area contributed by atoms with E-state index in [1.165, 1.54) is 0 Å². The van der Waals surface area contributed by atoms with Crippen molar-refractivity contribution in [3.05, 3.63) is 107 Å². The van der Waals surface area contributed by atoms with Gasteiger partial charge in [-0.1, -0.05) is 90.5 Å². The Hall–Kier alpha value is -2.91. The zero-order valence-corrected chi connectivity index (χ0v) is 14.2. The Morgan fingerprint density at radius 1 is 0.640 bits per heavy atom. The third-order valence-corrected chi connectivity index (χ3v) is 4.36. The molecule has 3 nitrogen and oxygen atoms in total. The van der Waals surface area contributed by atoms with E-state index in [1.54, 1.807) is 0 Å². The van der Waals surface area contributed by atoms with Crippen LogP contribution in [0.15, 0.2) is 94.9 Å². The summed E-state index contributed by atoms with van der Waals surface area (Å²) in [5.41, 5.74) is 2.93. The van der Waals surface area contributed by atoms with E-state index in [2.05, 4.69) is 5.32 Å². The minimum absolute atomic E-state index is 0.375. The molecular formula is C21H16ClN3. The van der Waals surface area contributed by atoms with Crippen LogP contribution in [0, 0.1) is 0 Å². The second-order valence-electron chi connectivity index (χ2n) is 5.71. The van der Waals surface area contributed by atoms with Gasteiger partial charge in [0.05, 0.1) is 0 Å². The zero-order valence-electron chi connectivity index (χ0n) is 13.4. The molecule has 0 amide bonds. The first-order valence-corrected chi connectivity index (χ1v) is 8.47. The van der Waals surface area contributed by atoms with Crippen LogP contribution in [0.1, 0.15) is 22.9 Å². The summed E-state index contributed by atoms with van der Waals surface area (Å²) in [6.07, 6.45) is -0.375. The highest BCUT2D eigenvalue weighted by molar-refractivity contribution is 6.31. The van der Waals surface area contributed by atoms with Crippen LogP contribution in [0.5, 0.6) is 0 Å². The molecule has 0 fully saturated rings. The van der Waals surface area contributed by atoms with E-state index in [4.69, 9.17) is 21.6 Å². The van der Waals surface area contributed by atoms with Crippen LogP contribution in [-0.4, -0.2) is 11.7 Å². The van der Waals surface area contributed by atoms with Crippen LogP contribution in [0.3, 0.4) is 0 Å². The summed E-state index contributed by atoms with van der Waals surface area (Å²) in [7, 11) is 0. The summed E-state index contributed by atoms with van der Waals surface area (Å²) in [6, 6.07) is 27.8. The molecule has 1 aliphatic heterocycles. The lowest BCUT2D eigenvalue weighted by Crippen LogP contribution is -2.36. The molecule has 0 spiro atoms. The molecule has 0 aliphatic carbocycles. The lowest BCUT2D eigenvalue weighted by molar-refractivity contribution is 0.756. The van der Waals surface area contributed by atoms with Crippen LogP contribution in [0.4, 0.5) is 0 Å². The zero-order chi connectivity index (χ0) is 17.1. The highest BCUT2D eigenvalue weighted by Crippen LogP contribution is 2.29. The van der Waals surface area contributed by atoms with Gasteiger partial charge in [0.1, 0.15) is 11.7 Å². The maximum absolute atomic E-state index is 6.39. The van der Waals surface area contributed by atoms with Gasteiger partial charge < -0.3 is 5.32 Å². The molecular weight excluding hydrogens is 330 g/mol. The standard InChI is InChI=1S/C21H16ClN3/c22-18-14-8-7-13-17(18)21-24-19(15-9-3-1-4-10-15)23-20(25-21)16-11-5-2-6-12-16/h1-14,21H,(H,23,24,25). The van der Waals surface area contributed by atoms with Gasteiger partial charge in [-0.25, -0.2) is 9.98 Å². The molecule has 1 aliphatic rings. The lowest BCUT2D eigenvalue weighted by Gasteiger charge is -2.22. The number of benzene rings is 3. The molecule has 3 aromatic carbocycles. The van der Waals surface area contributed by atoms with E-state index >= 15 is 0 Å². The Labute approximate surface area is 151 Å². The van der Waals surface area contributed by atoms with Crippen LogP contribution in [0.2, 0.25) is 5.02 Å². The van der Waals surface area contributed by atoms with Gasteiger partial charge in [-0.05, 0) is 6.07 Å².